The van der Waals surface area contributed by atoms with E-state index in [9.17, 15) is 13.5 Å². The van der Waals surface area contributed by atoms with Crippen molar-refractivity contribution in [2.45, 2.75) is 31.6 Å². The molecule has 0 radical (unpaired) electrons. The first-order chi connectivity index (χ1) is 9.19. The molecule has 1 aromatic rings. The molecule has 20 heavy (non-hydrogen) atoms. The van der Waals surface area contributed by atoms with Gasteiger partial charge in [-0.25, -0.2) is 13.1 Å². The molecule has 0 aliphatic heterocycles. The molecule has 0 heterocycles. The summed E-state index contributed by atoms with van der Waals surface area (Å²) in [6, 6.07) is 4.18. The fourth-order valence-corrected chi connectivity index (χ4v) is 3.32. The van der Waals surface area contributed by atoms with Crippen LogP contribution in [0, 0.1) is 5.41 Å². The van der Waals surface area contributed by atoms with Gasteiger partial charge >= 0.3 is 0 Å². The Morgan fingerprint density at radius 2 is 2.00 bits per heavy atom. The van der Waals surface area contributed by atoms with Gasteiger partial charge in [-0.2, -0.15) is 0 Å². The van der Waals surface area contributed by atoms with Gasteiger partial charge in [0.2, 0.25) is 10.0 Å². The van der Waals surface area contributed by atoms with Crippen molar-refractivity contribution in [3.63, 3.8) is 0 Å². The van der Waals surface area contributed by atoms with Crippen LogP contribution in [-0.2, 0) is 10.0 Å². The fraction of sp³-hybridized carbons (Fsp3) is 0.538. The summed E-state index contributed by atoms with van der Waals surface area (Å²) >= 11 is 5.71. The molecule has 0 saturated heterocycles. The van der Waals surface area contributed by atoms with E-state index in [1.165, 1.54) is 18.2 Å². The van der Waals surface area contributed by atoms with Crippen molar-refractivity contribution in [1.29, 1.82) is 0 Å². The molecule has 0 amide bonds. The number of rotatable bonds is 7. The second-order valence-electron chi connectivity index (χ2n) is 5.40. The quantitative estimate of drug-likeness (QED) is 0.718. The van der Waals surface area contributed by atoms with E-state index in [4.69, 9.17) is 16.7 Å². The maximum absolute atomic E-state index is 12.1. The van der Waals surface area contributed by atoms with E-state index >= 15 is 0 Å². The van der Waals surface area contributed by atoms with Crippen LogP contribution in [-0.4, -0.2) is 31.8 Å². The highest BCUT2D eigenvalue weighted by molar-refractivity contribution is 7.89. The van der Waals surface area contributed by atoms with Crippen LogP contribution in [0.25, 0.3) is 0 Å². The molecule has 7 heteroatoms. The molecule has 0 fully saturated rings. The molecule has 0 aliphatic carbocycles. The Kier molecular flexibility index (Phi) is 5.82. The predicted octanol–water partition coefficient (Wildman–Crippen LogP) is 2.12. The summed E-state index contributed by atoms with van der Waals surface area (Å²) in [6.45, 7) is 4.10. The van der Waals surface area contributed by atoms with Crippen molar-refractivity contribution in [2.24, 2.45) is 5.41 Å². The van der Waals surface area contributed by atoms with Gasteiger partial charge in [0, 0.05) is 13.2 Å². The molecule has 5 nitrogen and oxygen atoms in total. The number of nitrogens with one attached hydrogen (secondary N) is 1. The average Bonchev–Trinajstić information content (AvgIpc) is 2.37. The summed E-state index contributed by atoms with van der Waals surface area (Å²) in [6.07, 6.45) is 1.30. The smallest absolute Gasteiger partial charge is 0.244 e. The SMILES string of the molecule is CC(C)(CCCO)CNS(=O)(=O)c1cccc(Cl)c1O. The van der Waals surface area contributed by atoms with Crippen LogP contribution in [0.5, 0.6) is 5.75 Å². The van der Waals surface area contributed by atoms with E-state index in [1.54, 1.807) is 0 Å². The number of halogens is 1. The van der Waals surface area contributed by atoms with Crippen LogP contribution in [0.15, 0.2) is 23.1 Å². The maximum Gasteiger partial charge on any atom is 0.244 e. The monoisotopic (exact) mass is 321 g/mol. The number of phenolic OH excluding ortho intramolecular Hbond substituents is 1. The van der Waals surface area contributed by atoms with E-state index in [1.807, 2.05) is 13.8 Å². The van der Waals surface area contributed by atoms with Crippen LogP contribution in [0.3, 0.4) is 0 Å². The predicted molar refractivity (Wildman–Crippen MR) is 78.4 cm³/mol. The standard InChI is InChI=1S/C13H20ClNO4S/c1-13(2,7-4-8-16)9-15-20(18,19)11-6-3-5-10(14)12(11)17/h3,5-6,15-17H,4,7-9H2,1-2H3. The Bertz CT molecular complexity index is 557. The third-order valence-corrected chi connectivity index (χ3v) is 4.73. The Balaban J connectivity index is 2.83. The number of aliphatic hydroxyl groups is 1. The van der Waals surface area contributed by atoms with Crippen molar-refractivity contribution in [3.8, 4) is 5.75 Å². The molecule has 0 saturated carbocycles. The van der Waals surface area contributed by atoms with E-state index in [-0.39, 0.29) is 28.5 Å². The van der Waals surface area contributed by atoms with Crippen molar-refractivity contribution in [2.75, 3.05) is 13.2 Å². The first kappa shape index (κ1) is 17.2. The van der Waals surface area contributed by atoms with Gasteiger partial charge in [0.15, 0.2) is 5.75 Å². The van der Waals surface area contributed by atoms with Gasteiger partial charge in [0.25, 0.3) is 0 Å². The van der Waals surface area contributed by atoms with Crippen LogP contribution in [0.4, 0.5) is 0 Å². The lowest BCUT2D eigenvalue weighted by atomic mass is 9.88. The molecule has 0 bridgehead atoms. The maximum atomic E-state index is 12.1. The molecule has 0 atom stereocenters. The van der Waals surface area contributed by atoms with Gasteiger partial charge < -0.3 is 10.2 Å². The number of benzene rings is 1. The third-order valence-electron chi connectivity index (χ3n) is 2.99. The number of aromatic hydroxyl groups is 1. The van der Waals surface area contributed by atoms with Gasteiger partial charge in [-0.3, -0.25) is 0 Å². The molecule has 0 spiro atoms. The summed E-state index contributed by atoms with van der Waals surface area (Å²) in [5.74, 6) is -0.449. The average molecular weight is 322 g/mol. The van der Waals surface area contributed by atoms with E-state index in [0.29, 0.717) is 12.8 Å². The molecule has 1 rings (SSSR count). The van der Waals surface area contributed by atoms with Crippen molar-refractivity contribution in [1.82, 2.24) is 4.72 Å². The van der Waals surface area contributed by atoms with Crippen molar-refractivity contribution in [3.05, 3.63) is 23.2 Å². The van der Waals surface area contributed by atoms with Crippen LogP contribution in [0.1, 0.15) is 26.7 Å². The van der Waals surface area contributed by atoms with Gasteiger partial charge in [0.05, 0.1) is 5.02 Å². The second-order valence-corrected chi connectivity index (χ2v) is 7.55. The molecule has 3 N–H and O–H groups in total. The Labute approximate surface area is 124 Å². The number of hydrogen-bond donors (Lipinski definition) is 3. The lowest BCUT2D eigenvalue weighted by Gasteiger charge is -2.24. The fourth-order valence-electron chi connectivity index (χ4n) is 1.73. The summed E-state index contributed by atoms with van der Waals surface area (Å²) in [5, 5.41) is 18.5. The molecular weight excluding hydrogens is 302 g/mol. The number of para-hydroxylation sites is 1. The minimum atomic E-state index is -3.82. The van der Waals surface area contributed by atoms with Gasteiger partial charge in [-0.05, 0) is 30.4 Å². The minimum Gasteiger partial charge on any atom is -0.505 e. The minimum absolute atomic E-state index is 0.00702. The lowest BCUT2D eigenvalue weighted by molar-refractivity contribution is 0.242. The first-order valence-electron chi connectivity index (χ1n) is 6.28. The van der Waals surface area contributed by atoms with Crippen molar-refractivity contribution < 1.29 is 18.6 Å². The number of phenols is 1. The molecule has 114 valence electrons. The topological polar surface area (TPSA) is 86.6 Å². The van der Waals surface area contributed by atoms with Crippen molar-refractivity contribution >= 4 is 21.6 Å². The number of aliphatic hydroxyl groups excluding tert-OH is 1. The largest absolute Gasteiger partial charge is 0.505 e. The van der Waals surface area contributed by atoms with E-state index < -0.39 is 15.8 Å². The summed E-state index contributed by atoms with van der Waals surface area (Å²) < 4.78 is 26.8. The van der Waals surface area contributed by atoms with Crippen LogP contribution in [0.2, 0.25) is 5.02 Å². The van der Waals surface area contributed by atoms with E-state index in [0.717, 1.165) is 0 Å². The Morgan fingerprint density at radius 1 is 1.35 bits per heavy atom. The van der Waals surface area contributed by atoms with Gasteiger partial charge in [-0.1, -0.05) is 31.5 Å². The zero-order valence-electron chi connectivity index (χ0n) is 11.6. The van der Waals surface area contributed by atoms with Crippen LogP contribution >= 0.6 is 11.6 Å². The Hall–Kier alpha value is -0.820. The lowest BCUT2D eigenvalue weighted by Crippen LogP contribution is -2.34. The highest BCUT2D eigenvalue weighted by Gasteiger charge is 2.24. The molecule has 0 aliphatic rings. The first-order valence-corrected chi connectivity index (χ1v) is 8.14. The summed E-state index contributed by atoms with van der Waals surface area (Å²) in [5.41, 5.74) is -0.288. The molecule has 0 unspecified atom stereocenters. The van der Waals surface area contributed by atoms with Gasteiger partial charge in [0.1, 0.15) is 4.90 Å². The number of hydrogen-bond acceptors (Lipinski definition) is 4. The second kappa shape index (κ2) is 6.76. The zero-order valence-corrected chi connectivity index (χ0v) is 13.1. The summed E-state index contributed by atoms with van der Waals surface area (Å²) in [4.78, 5) is -0.233. The third kappa shape index (κ3) is 4.63. The zero-order chi connectivity index (χ0) is 15.4. The van der Waals surface area contributed by atoms with Crippen LogP contribution < -0.4 is 4.72 Å². The summed E-state index contributed by atoms with van der Waals surface area (Å²) in [7, 11) is -3.82. The molecule has 0 aromatic heterocycles. The normalized spacial score (nSPS) is 12.6. The van der Waals surface area contributed by atoms with E-state index in [2.05, 4.69) is 4.72 Å². The molecular formula is C13H20ClNO4S. The number of sulfonamides is 1. The highest BCUT2D eigenvalue weighted by Crippen LogP contribution is 2.30. The highest BCUT2D eigenvalue weighted by atomic mass is 35.5. The van der Waals surface area contributed by atoms with Gasteiger partial charge in [-0.15, -0.1) is 0 Å². The molecule has 1 aromatic carbocycles. The Morgan fingerprint density at radius 3 is 2.60 bits per heavy atom.